The first-order valence-electron chi connectivity index (χ1n) is 10.6. The van der Waals surface area contributed by atoms with Crippen molar-refractivity contribution in [2.24, 2.45) is 5.92 Å². The van der Waals surface area contributed by atoms with Crippen LogP contribution in [-0.4, -0.2) is 84.7 Å². The van der Waals surface area contributed by atoms with Crippen LogP contribution in [0.4, 0.5) is 4.79 Å². The molecule has 9 nitrogen and oxygen atoms in total. The Labute approximate surface area is 173 Å². The van der Waals surface area contributed by atoms with Gasteiger partial charge in [-0.15, -0.1) is 0 Å². The van der Waals surface area contributed by atoms with Gasteiger partial charge in [0, 0.05) is 44.3 Å². The fourth-order valence-electron chi connectivity index (χ4n) is 5.14. The molecule has 2 N–H and O–H groups in total. The zero-order valence-corrected chi connectivity index (χ0v) is 18.5. The molecule has 4 fully saturated rings. The third kappa shape index (κ3) is 3.92. The summed E-state index contributed by atoms with van der Waals surface area (Å²) < 4.78 is 28.6. The Hall–Kier alpha value is -1.23. The summed E-state index contributed by atoms with van der Waals surface area (Å²) in [5.41, 5.74) is 3.03. The van der Waals surface area contributed by atoms with E-state index in [1.54, 1.807) is 0 Å². The van der Waals surface area contributed by atoms with Crippen molar-refractivity contribution in [3.63, 3.8) is 0 Å². The Morgan fingerprint density at radius 3 is 2.45 bits per heavy atom. The van der Waals surface area contributed by atoms with Crippen LogP contribution in [0.1, 0.15) is 52.4 Å². The largest absolute Gasteiger partial charge is 0.326 e. The van der Waals surface area contributed by atoms with Gasteiger partial charge < -0.3 is 4.90 Å². The maximum atomic E-state index is 12.9. The second kappa shape index (κ2) is 7.18. The molecule has 0 radical (unpaired) electrons. The third-order valence-corrected chi connectivity index (χ3v) is 9.26. The average Bonchev–Trinajstić information content (AvgIpc) is 3.27. The Bertz CT molecular complexity index is 798. The molecule has 0 aromatic heterocycles. The molecular formula is C19H33N5O4S. The zero-order chi connectivity index (χ0) is 21.1. The minimum Gasteiger partial charge on any atom is -0.319 e. The van der Waals surface area contributed by atoms with Crippen LogP contribution in [-0.2, 0) is 14.8 Å². The number of carbonyl (C=O) groups excluding carboxylic acids is 2. The van der Waals surface area contributed by atoms with Crippen LogP contribution in [0.15, 0.2) is 0 Å². The molecule has 2 saturated carbocycles. The maximum absolute atomic E-state index is 12.9. The second-order valence-corrected chi connectivity index (χ2v) is 11.6. The number of likely N-dealkylation sites (N-methyl/N-ethyl adjacent to an activating group) is 1. The van der Waals surface area contributed by atoms with Crippen LogP contribution in [0.25, 0.3) is 0 Å². The number of nitrogens with one attached hydrogen (secondary N) is 2. The summed E-state index contributed by atoms with van der Waals surface area (Å²) in [5.74, 6) is -0.711. The Balaban J connectivity index is 1.51. The minimum absolute atomic E-state index is 0.175. The molecule has 4 aliphatic rings. The van der Waals surface area contributed by atoms with Gasteiger partial charge >= 0.3 is 6.03 Å². The summed E-state index contributed by atoms with van der Waals surface area (Å²) in [6, 6.07) is 0.0255. The number of amides is 3. The summed E-state index contributed by atoms with van der Waals surface area (Å²) in [7, 11) is 0.00153. The van der Waals surface area contributed by atoms with Gasteiger partial charge in [-0.05, 0) is 52.4 Å². The number of rotatable bonds is 5. The van der Waals surface area contributed by atoms with Gasteiger partial charge in [-0.2, -0.15) is 0 Å². The number of sulfonamides is 1. The molecular weight excluding hydrogens is 394 g/mol. The lowest BCUT2D eigenvalue weighted by molar-refractivity contribution is -0.139. The molecule has 2 aliphatic carbocycles. The monoisotopic (exact) mass is 427 g/mol. The van der Waals surface area contributed by atoms with E-state index in [1.165, 1.54) is 11.9 Å². The molecule has 0 spiro atoms. The quantitative estimate of drug-likeness (QED) is 0.662. The van der Waals surface area contributed by atoms with Crippen molar-refractivity contribution >= 4 is 22.0 Å². The first-order chi connectivity index (χ1) is 13.5. The summed E-state index contributed by atoms with van der Waals surface area (Å²) in [4.78, 5) is 28.8. The highest BCUT2D eigenvalue weighted by Gasteiger charge is 2.52. The second-order valence-electron chi connectivity index (χ2n) is 9.68. The molecule has 2 saturated heterocycles. The maximum Gasteiger partial charge on any atom is 0.326 e. The molecule has 5 unspecified atom stereocenters. The smallest absolute Gasteiger partial charge is 0.319 e. The number of carbonyl (C=O) groups is 2. The van der Waals surface area contributed by atoms with Crippen LogP contribution in [0, 0.1) is 5.92 Å². The summed E-state index contributed by atoms with van der Waals surface area (Å²) >= 11 is 0. The van der Waals surface area contributed by atoms with Crippen LogP contribution in [0.2, 0.25) is 0 Å². The number of nitrogens with zero attached hydrogens (tertiary/aromatic N) is 3. The van der Waals surface area contributed by atoms with E-state index in [4.69, 9.17) is 0 Å². The molecule has 29 heavy (non-hydrogen) atoms. The summed E-state index contributed by atoms with van der Waals surface area (Å²) in [6.45, 7) is 4.57. The normalized spacial score (nSPS) is 37.7. The molecule has 2 aliphatic heterocycles. The highest BCUT2D eigenvalue weighted by atomic mass is 32.2. The average molecular weight is 428 g/mol. The Morgan fingerprint density at radius 1 is 1.17 bits per heavy atom. The van der Waals surface area contributed by atoms with E-state index >= 15 is 0 Å². The van der Waals surface area contributed by atoms with Gasteiger partial charge in [0.2, 0.25) is 15.9 Å². The van der Waals surface area contributed by atoms with Gasteiger partial charge in [0.05, 0.1) is 11.2 Å². The fraction of sp³-hybridized carbons (Fsp3) is 0.895. The molecule has 0 aromatic carbocycles. The van der Waals surface area contributed by atoms with Crippen molar-refractivity contribution in [3.05, 3.63) is 0 Å². The van der Waals surface area contributed by atoms with E-state index in [0.717, 1.165) is 19.3 Å². The van der Waals surface area contributed by atoms with Crippen LogP contribution < -0.4 is 10.1 Å². The first kappa shape index (κ1) is 21.0. The molecule has 2 heterocycles. The molecule has 0 aromatic rings. The number of fused-ring (bicyclic) bond motifs is 1. The zero-order valence-electron chi connectivity index (χ0n) is 17.7. The lowest BCUT2D eigenvalue weighted by Crippen LogP contribution is -2.64. The fourth-order valence-corrected chi connectivity index (χ4v) is 7.10. The number of hydrogen-bond acceptors (Lipinski definition) is 6. The lowest BCUT2D eigenvalue weighted by Gasteiger charge is -2.48. The van der Waals surface area contributed by atoms with E-state index in [2.05, 4.69) is 17.1 Å². The lowest BCUT2D eigenvalue weighted by atomic mass is 9.80. The minimum atomic E-state index is -3.48. The van der Waals surface area contributed by atoms with Crippen LogP contribution in [0.3, 0.4) is 0 Å². The number of hydrogen-bond donors (Lipinski definition) is 2. The molecule has 10 heteroatoms. The highest BCUT2D eigenvalue weighted by Crippen LogP contribution is 2.40. The predicted octanol–water partition coefficient (Wildman–Crippen LogP) is 0.487. The van der Waals surface area contributed by atoms with Crippen molar-refractivity contribution in [2.75, 3.05) is 20.6 Å². The van der Waals surface area contributed by atoms with Crippen molar-refractivity contribution in [2.45, 2.75) is 81.3 Å². The number of hydrazine groups is 1. The first-order valence-corrected chi connectivity index (χ1v) is 12.2. The van der Waals surface area contributed by atoms with Crippen molar-refractivity contribution in [1.82, 2.24) is 25.0 Å². The third-order valence-electron chi connectivity index (χ3n) is 7.18. The van der Waals surface area contributed by atoms with Gasteiger partial charge in [-0.1, -0.05) is 0 Å². The Kier molecular flexibility index (Phi) is 5.20. The van der Waals surface area contributed by atoms with E-state index < -0.39 is 21.2 Å². The molecule has 0 bridgehead atoms. The SMILES string of the molecule is CC1CC(CN2C(=O)N(C)C(=O)C3CC(S(=O)(=O)NC4(C)CC4)CCC32)N(C)N1. The summed E-state index contributed by atoms with van der Waals surface area (Å²) in [5, 5.41) is 1.46. The standard InChI is InChI=1S/C19H33N5O4S/c1-12-9-13(23(4)20-12)11-24-16-6-5-14(29(27,28)21-19(2)7-8-19)10-15(16)17(25)22(3)18(24)26/h12-16,20-21H,5-11H2,1-4H3. The molecule has 3 amide bonds. The Morgan fingerprint density at radius 2 is 1.86 bits per heavy atom. The molecule has 5 atom stereocenters. The van der Waals surface area contributed by atoms with Gasteiger partial charge in [0.1, 0.15) is 0 Å². The van der Waals surface area contributed by atoms with Crippen molar-refractivity contribution in [1.29, 1.82) is 0 Å². The van der Waals surface area contributed by atoms with Gasteiger partial charge in [0.15, 0.2) is 0 Å². The predicted molar refractivity (Wildman–Crippen MR) is 108 cm³/mol. The highest BCUT2D eigenvalue weighted by molar-refractivity contribution is 7.90. The van der Waals surface area contributed by atoms with Crippen LogP contribution >= 0.6 is 0 Å². The van der Waals surface area contributed by atoms with E-state index in [-0.39, 0.29) is 36.0 Å². The number of imide groups is 1. The van der Waals surface area contributed by atoms with Gasteiger partial charge in [-0.25, -0.2) is 22.9 Å². The number of urea groups is 1. The van der Waals surface area contributed by atoms with Gasteiger partial charge in [0.25, 0.3) is 0 Å². The summed E-state index contributed by atoms with van der Waals surface area (Å²) in [6.07, 6.45) is 3.93. The van der Waals surface area contributed by atoms with E-state index in [9.17, 15) is 18.0 Å². The van der Waals surface area contributed by atoms with Crippen molar-refractivity contribution < 1.29 is 18.0 Å². The van der Waals surface area contributed by atoms with Crippen molar-refractivity contribution in [3.8, 4) is 0 Å². The van der Waals surface area contributed by atoms with Gasteiger partial charge in [-0.3, -0.25) is 15.1 Å². The van der Waals surface area contributed by atoms with E-state index in [1.807, 2.05) is 23.9 Å². The van der Waals surface area contributed by atoms with E-state index in [0.29, 0.717) is 25.4 Å². The molecule has 4 rings (SSSR count). The van der Waals surface area contributed by atoms with Crippen LogP contribution in [0.5, 0.6) is 0 Å². The molecule has 164 valence electrons. The topological polar surface area (TPSA) is 102 Å².